The maximum absolute atomic E-state index is 12.8. The molecule has 4 heterocycles. The number of methoxy groups -OCH3 is 1. The van der Waals surface area contributed by atoms with E-state index in [9.17, 15) is 4.79 Å². The minimum Gasteiger partial charge on any atom is -0.496 e. The first-order chi connectivity index (χ1) is 11.7. The van der Waals surface area contributed by atoms with Gasteiger partial charge >= 0.3 is 0 Å². The summed E-state index contributed by atoms with van der Waals surface area (Å²) in [6.45, 7) is 3.20. The molecule has 0 N–H and O–H groups in total. The Morgan fingerprint density at radius 1 is 1.25 bits per heavy atom. The zero-order valence-electron chi connectivity index (χ0n) is 14.5. The van der Waals surface area contributed by atoms with Gasteiger partial charge in [-0.2, -0.15) is 11.8 Å². The molecule has 0 unspecified atom stereocenters. The molecule has 0 aliphatic carbocycles. The minimum atomic E-state index is 0.309. The molecule has 3 atom stereocenters. The van der Waals surface area contributed by atoms with E-state index in [0.717, 1.165) is 12.3 Å². The van der Waals surface area contributed by atoms with Crippen LogP contribution >= 0.6 is 11.8 Å². The molecule has 4 saturated heterocycles. The lowest BCUT2D eigenvalue weighted by molar-refractivity contribution is -0.133. The van der Waals surface area contributed by atoms with E-state index in [-0.39, 0.29) is 0 Å². The second-order valence-electron chi connectivity index (χ2n) is 7.18. The average Bonchev–Trinajstić information content (AvgIpc) is 3.05. The molecule has 0 saturated carbocycles. The molecule has 2 bridgehead atoms. The van der Waals surface area contributed by atoms with E-state index in [4.69, 9.17) is 4.74 Å². The van der Waals surface area contributed by atoms with Crippen molar-refractivity contribution in [3.05, 3.63) is 29.8 Å². The quantitative estimate of drug-likeness (QED) is 0.838. The van der Waals surface area contributed by atoms with Gasteiger partial charge in [-0.05, 0) is 44.2 Å². The Kier molecular flexibility index (Phi) is 4.48. The summed E-state index contributed by atoms with van der Waals surface area (Å²) in [6, 6.07) is 9.20. The van der Waals surface area contributed by atoms with Gasteiger partial charge in [0.2, 0.25) is 5.91 Å². The lowest BCUT2D eigenvalue weighted by atomic mass is 9.75. The number of rotatable bonds is 4. The number of likely N-dealkylation sites (tertiary alicyclic amines) is 1. The zero-order chi connectivity index (χ0) is 16.7. The van der Waals surface area contributed by atoms with E-state index in [1.165, 1.54) is 31.5 Å². The number of hydrogen-bond acceptors (Lipinski definition) is 4. The number of para-hydroxylation sites is 1. The first kappa shape index (κ1) is 16.3. The number of hydrogen-bond donors (Lipinski definition) is 0. The number of thioether (sulfide) groups is 1. The number of carbonyl (C=O) groups excluding carboxylic acids is 1. The molecule has 0 spiro atoms. The number of amides is 1. The van der Waals surface area contributed by atoms with Gasteiger partial charge in [-0.3, -0.25) is 9.69 Å². The van der Waals surface area contributed by atoms with E-state index < -0.39 is 0 Å². The van der Waals surface area contributed by atoms with Gasteiger partial charge in [-0.1, -0.05) is 18.2 Å². The standard InChI is InChI=1S/C19H26N2O2S/c1-23-16-6-4-3-5-14(16)15-11-21(17(22)12-24-2)18-13-7-9-20(10-8-13)19(15)18/h3-6,13,15,18-19H,7-12H2,1-2H3/t15-,18-,19-/m0/s1. The van der Waals surface area contributed by atoms with Crippen molar-refractivity contribution in [2.75, 3.05) is 38.8 Å². The summed E-state index contributed by atoms with van der Waals surface area (Å²) in [5, 5.41) is 0. The Morgan fingerprint density at radius 2 is 2.00 bits per heavy atom. The largest absolute Gasteiger partial charge is 0.496 e. The van der Waals surface area contributed by atoms with Crippen LogP contribution in [0.15, 0.2) is 24.3 Å². The third kappa shape index (κ3) is 2.53. The molecule has 4 aliphatic heterocycles. The highest BCUT2D eigenvalue weighted by Crippen LogP contribution is 2.48. The van der Waals surface area contributed by atoms with Crippen LogP contribution in [0.4, 0.5) is 0 Å². The average molecular weight is 346 g/mol. The lowest BCUT2D eigenvalue weighted by Gasteiger charge is -2.51. The third-order valence-corrected chi connectivity index (χ3v) is 6.66. The highest BCUT2D eigenvalue weighted by Gasteiger charge is 2.54. The molecule has 1 amide bonds. The van der Waals surface area contributed by atoms with Crippen LogP contribution in [0.2, 0.25) is 0 Å². The SMILES string of the molecule is COc1ccccc1[C@@H]1CN(C(=O)CSC)[C@H]2C3CCN(CC3)[C@@H]12. The topological polar surface area (TPSA) is 32.8 Å². The van der Waals surface area contributed by atoms with Crippen molar-refractivity contribution in [1.82, 2.24) is 9.80 Å². The molecule has 4 nitrogen and oxygen atoms in total. The molecule has 5 rings (SSSR count). The monoisotopic (exact) mass is 346 g/mol. The first-order valence-corrected chi connectivity index (χ1v) is 10.3. The zero-order valence-corrected chi connectivity index (χ0v) is 15.3. The first-order valence-electron chi connectivity index (χ1n) is 8.90. The van der Waals surface area contributed by atoms with Crippen LogP contribution in [0.25, 0.3) is 0 Å². The Labute approximate surface area is 148 Å². The maximum atomic E-state index is 12.8. The second kappa shape index (κ2) is 6.60. The molecule has 1 aromatic carbocycles. The van der Waals surface area contributed by atoms with Gasteiger partial charge < -0.3 is 9.64 Å². The van der Waals surface area contributed by atoms with Crippen LogP contribution in [-0.4, -0.2) is 66.5 Å². The van der Waals surface area contributed by atoms with Gasteiger partial charge in [0.1, 0.15) is 5.75 Å². The predicted molar refractivity (Wildman–Crippen MR) is 97.7 cm³/mol. The number of fused-ring (bicyclic) bond motifs is 2. The number of piperidine rings is 3. The van der Waals surface area contributed by atoms with E-state index in [2.05, 4.69) is 21.9 Å². The predicted octanol–water partition coefficient (Wildman–Crippen LogP) is 2.45. The van der Waals surface area contributed by atoms with Gasteiger partial charge in [-0.15, -0.1) is 0 Å². The van der Waals surface area contributed by atoms with Crippen LogP contribution in [0.1, 0.15) is 24.3 Å². The normalized spacial score (nSPS) is 34.2. The van der Waals surface area contributed by atoms with Crippen molar-refractivity contribution in [2.24, 2.45) is 5.92 Å². The van der Waals surface area contributed by atoms with E-state index in [1.54, 1.807) is 18.9 Å². The van der Waals surface area contributed by atoms with Gasteiger partial charge in [0.05, 0.1) is 18.9 Å². The van der Waals surface area contributed by atoms with Gasteiger partial charge in [-0.25, -0.2) is 0 Å². The van der Waals surface area contributed by atoms with E-state index >= 15 is 0 Å². The summed E-state index contributed by atoms with van der Waals surface area (Å²) in [5.74, 6) is 2.89. The van der Waals surface area contributed by atoms with Crippen molar-refractivity contribution in [1.29, 1.82) is 0 Å². The summed E-state index contributed by atoms with van der Waals surface area (Å²) in [4.78, 5) is 17.6. The third-order valence-electron chi connectivity index (χ3n) is 6.12. The maximum Gasteiger partial charge on any atom is 0.232 e. The summed E-state index contributed by atoms with van der Waals surface area (Å²) in [5.41, 5.74) is 1.27. The van der Waals surface area contributed by atoms with Crippen molar-refractivity contribution in [3.8, 4) is 5.75 Å². The van der Waals surface area contributed by atoms with Crippen LogP contribution in [0.5, 0.6) is 5.75 Å². The van der Waals surface area contributed by atoms with Crippen LogP contribution in [0.3, 0.4) is 0 Å². The van der Waals surface area contributed by atoms with Gasteiger partial charge in [0, 0.05) is 24.1 Å². The fraction of sp³-hybridized carbons (Fsp3) is 0.632. The number of carbonyl (C=O) groups is 1. The minimum absolute atomic E-state index is 0.309. The molecule has 24 heavy (non-hydrogen) atoms. The van der Waals surface area contributed by atoms with Gasteiger partial charge in [0.25, 0.3) is 0 Å². The molecular formula is C19H26N2O2S. The Hall–Kier alpha value is -1.20. The Balaban J connectivity index is 1.71. The summed E-state index contributed by atoms with van der Waals surface area (Å²) >= 11 is 1.63. The Bertz CT molecular complexity index is 615. The van der Waals surface area contributed by atoms with E-state index in [0.29, 0.717) is 35.6 Å². The van der Waals surface area contributed by atoms with Crippen molar-refractivity contribution >= 4 is 17.7 Å². The van der Waals surface area contributed by atoms with Crippen LogP contribution in [-0.2, 0) is 4.79 Å². The highest BCUT2D eigenvalue weighted by atomic mass is 32.2. The smallest absolute Gasteiger partial charge is 0.232 e. The van der Waals surface area contributed by atoms with E-state index in [1.807, 2.05) is 18.4 Å². The number of ether oxygens (including phenoxy) is 1. The van der Waals surface area contributed by atoms with Crippen molar-refractivity contribution in [2.45, 2.75) is 30.8 Å². The van der Waals surface area contributed by atoms with Gasteiger partial charge in [0.15, 0.2) is 0 Å². The summed E-state index contributed by atoms with van der Waals surface area (Å²) in [7, 11) is 1.75. The molecule has 0 radical (unpaired) electrons. The fourth-order valence-corrected chi connectivity index (χ4v) is 5.57. The summed E-state index contributed by atoms with van der Waals surface area (Å²) < 4.78 is 5.63. The highest BCUT2D eigenvalue weighted by molar-refractivity contribution is 7.99. The molecule has 5 heteroatoms. The Morgan fingerprint density at radius 3 is 2.71 bits per heavy atom. The molecule has 4 fully saturated rings. The molecular weight excluding hydrogens is 320 g/mol. The number of nitrogens with zero attached hydrogens (tertiary/aromatic N) is 2. The lowest BCUT2D eigenvalue weighted by Crippen LogP contribution is -2.60. The summed E-state index contributed by atoms with van der Waals surface area (Å²) in [6.07, 6.45) is 4.49. The molecule has 0 aromatic heterocycles. The molecule has 130 valence electrons. The number of benzene rings is 1. The molecule has 4 aliphatic rings. The van der Waals surface area contributed by atoms with Crippen molar-refractivity contribution in [3.63, 3.8) is 0 Å². The van der Waals surface area contributed by atoms with Crippen LogP contribution in [0, 0.1) is 5.92 Å². The second-order valence-corrected chi connectivity index (χ2v) is 8.05. The molecule has 1 aromatic rings. The fourth-order valence-electron chi connectivity index (χ4n) is 5.16. The van der Waals surface area contributed by atoms with Crippen molar-refractivity contribution < 1.29 is 9.53 Å². The van der Waals surface area contributed by atoms with Crippen LogP contribution < -0.4 is 4.74 Å².